The molecule has 0 bridgehead atoms. The summed E-state index contributed by atoms with van der Waals surface area (Å²) in [6.45, 7) is 1.79. The van der Waals surface area contributed by atoms with Gasteiger partial charge in [-0.1, -0.05) is 46.3 Å². The summed E-state index contributed by atoms with van der Waals surface area (Å²) in [7, 11) is 0. The highest BCUT2D eigenvalue weighted by molar-refractivity contribution is 9.10. The van der Waals surface area contributed by atoms with Gasteiger partial charge in [-0.2, -0.15) is 10.5 Å². The number of para-hydroxylation sites is 1. The lowest BCUT2D eigenvalue weighted by Gasteiger charge is -2.44. The van der Waals surface area contributed by atoms with E-state index < -0.39 is 5.41 Å². The standard InChI is InChI=1S/C24H18BrN5O/c1-24-11-19(31)30(16-5-3-2-4-6-16)23(29)21(24)20(14-7-9-15(25)10-8-14)17(12-26)22(28)18(24)13-27/h2-10H,11,28-29H2,1H3. The third-order valence-corrected chi connectivity index (χ3v) is 6.29. The normalized spacial score (nSPS) is 21.0. The Labute approximate surface area is 188 Å². The first-order chi connectivity index (χ1) is 14.8. The van der Waals surface area contributed by atoms with E-state index in [2.05, 4.69) is 28.1 Å². The molecule has 6 nitrogen and oxygen atoms in total. The van der Waals surface area contributed by atoms with Crippen LogP contribution in [0.25, 0.3) is 5.57 Å². The topological polar surface area (TPSA) is 120 Å². The number of allylic oxidation sites excluding steroid dienone is 4. The number of nitriles is 2. The van der Waals surface area contributed by atoms with Crippen molar-refractivity contribution in [2.45, 2.75) is 13.3 Å². The molecule has 1 heterocycles. The summed E-state index contributed by atoms with van der Waals surface area (Å²) < 4.78 is 0.877. The summed E-state index contributed by atoms with van der Waals surface area (Å²) in [6.07, 6.45) is 0.000255. The molecule has 0 saturated heterocycles. The molecule has 4 N–H and O–H groups in total. The Bertz CT molecular complexity index is 1280. The minimum absolute atomic E-state index is 0.000255. The monoisotopic (exact) mass is 471 g/mol. The van der Waals surface area contributed by atoms with Crippen LogP contribution in [0, 0.1) is 28.1 Å². The van der Waals surface area contributed by atoms with E-state index in [1.807, 2.05) is 42.5 Å². The van der Waals surface area contributed by atoms with Crippen molar-refractivity contribution < 1.29 is 4.79 Å². The van der Waals surface area contributed by atoms with Crippen molar-refractivity contribution in [1.82, 2.24) is 0 Å². The maximum atomic E-state index is 13.2. The van der Waals surface area contributed by atoms with Crippen LogP contribution in [0.5, 0.6) is 0 Å². The molecule has 152 valence electrons. The molecule has 0 spiro atoms. The molecule has 4 rings (SSSR count). The Morgan fingerprint density at radius 3 is 2.26 bits per heavy atom. The van der Waals surface area contributed by atoms with Crippen LogP contribution in [-0.4, -0.2) is 5.91 Å². The molecule has 0 aromatic heterocycles. The predicted octanol–water partition coefficient (Wildman–Crippen LogP) is 4.09. The average molecular weight is 472 g/mol. The van der Waals surface area contributed by atoms with Crippen molar-refractivity contribution in [2.75, 3.05) is 4.90 Å². The summed E-state index contributed by atoms with van der Waals surface area (Å²) in [6, 6.07) is 20.8. The number of fused-ring (bicyclic) bond motifs is 1. The van der Waals surface area contributed by atoms with Crippen LogP contribution in [0.2, 0.25) is 0 Å². The van der Waals surface area contributed by atoms with E-state index in [-0.39, 0.29) is 35.0 Å². The second kappa shape index (κ2) is 7.46. The van der Waals surface area contributed by atoms with Crippen LogP contribution < -0.4 is 16.4 Å². The quantitative estimate of drug-likeness (QED) is 0.682. The minimum atomic E-state index is -1.05. The molecule has 1 amide bonds. The van der Waals surface area contributed by atoms with Crippen molar-refractivity contribution >= 4 is 33.1 Å². The molecule has 0 radical (unpaired) electrons. The number of benzene rings is 2. The van der Waals surface area contributed by atoms with Crippen LogP contribution in [0.3, 0.4) is 0 Å². The summed E-state index contributed by atoms with van der Waals surface area (Å²) in [5.41, 5.74) is 14.8. The number of hydrogen-bond donors (Lipinski definition) is 2. The van der Waals surface area contributed by atoms with E-state index in [4.69, 9.17) is 11.5 Å². The summed E-state index contributed by atoms with van der Waals surface area (Å²) in [5.74, 6) is -0.0538. The number of halogens is 1. The Morgan fingerprint density at radius 1 is 1.03 bits per heavy atom. The van der Waals surface area contributed by atoms with Crippen molar-refractivity contribution in [3.05, 3.63) is 92.9 Å². The molecule has 2 aromatic carbocycles. The van der Waals surface area contributed by atoms with E-state index in [1.165, 1.54) is 4.90 Å². The van der Waals surface area contributed by atoms with Gasteiger partial charge in [0, 0.05) is 27.5 Å². The highest BCUT2D eigenvalue weighted by atomic mass is 79.9. The van der Waals surface area contributed by atoms with Crippen LogP contribution in [-0.2, 0) is 4.79 Å². The second-order valence-corrected chi connectivity index (χ2v) is 8.52. The van der Waals surface area contributed by atoms with Crippen LogP contribution in [0.15, 0.2) is 87.3 Å². The number of amides is 1. The average Bonchev–Trinajstić information content (AvgIpc) is 2.74. The fourth-order valence-corrected chi connectivity index (χ4v) is 4.63. The van der Waals surface area contributed by atoms with E-state index in [1.54, 1.807) is 19.1 Å². The highest BCUT2D eigenvalue weighted by Crippen LogP contribution is 2.54. The van der Waals surface area contributed by atoms with Crippen LogP contribution in [0.4, 0.5) is 5.69 Å². The number of anilines is 1. The van der Waals surface area contributed by atoms with Gasteiger partial charge in [-0.05, 0) is 36.8 Å². The van der Waals surface area contributed by atoms with Gasteiger partial charge < -0.3 is 11.5 Å². The van der Waals surface area contributed by atoms with E-state index >= 15 is 0 Å². The third-order valence-electron chi connectivity index (χ3n) is 5.76. The van der Waals surface area contributed by atoms with Gasteiger partial charge in [-0.3, -0.25) is 9.69 Å². The van der Waals surface area contributed by atoms with E-state index in [0.717, 1.165) is 10.0 Å². The number of nitrogens with zero attached hydrogens (tertiary/aromatic N) is 3. The molecule has 1 atom stereocenters. The molecule has 2 aromatic rings. The molecule has 0 fully saturated rings. The van der Waals surface area contributed by atoms with Gasteiger partial charge in [0.1, 0.15) is 11.9 Å². The Hall–Kier alpha value is -3.81. The lowest BCUT2D eigenvalue weighted by molar-refractivity contribution is -0.119. The minimum Gasteiger partial charge on any atom is -0.397 e. The maximum absolute atomic E-state index is 13.2. The fourth-order valence-electron chi connectivity index (χ4n) is 4.36. The van der Waals surface area contributed by atoms with Gasteiger partial charge >= 0.3 is 0 Å². The highest BCUT2D eigenvalue weighted by Gasteiger charge is 2.50. The van der Waals surface area contributed by atoms with Gasteiger partial charge in [0.2, 0.25) is 5.91 Å². The number of hydrogen-bond acceptors (Lipinski definition) is 5. The summed E-state index contributed by atoms with van der Waals surface area (Å²) >= 11 is 3.43. The van der Waals surface area contributed by atoms with Gasteiger partial charge in [0.05, 0.1) is 28.6 Å². The van der Waals surface area contributed by atoms with Gasteiger partial charge in [0.15, 0.2) is 0 Å². The van der Waals surface area contributed by atoms with Gasteiger partial charge in [-0.25, -0.2) is 0 Å². The van der Waals surface area contributed by atoms with Crippen molar-refractivity contribution in [3.8, 4) is 12.1 Å². The first-order valence-corrected chi connectivity index (χ1v) is 10.3. The first kappa shape index (κ1) is 20.5. The van der Waals surface area contributed by atoms with Crippen molar-refractivity contribution in [3.63, 3.8) is 0 Å². The Balaban J connectivity index is 2.11. The molecule has 0 saturated carbocycles. The molecule has 7 heteroatoms. The van der Waals surface area contributed by atoms with Gasteiger partial charge in [-0.15, -0.1) is 0 Å². The van der Waals surface area contributed by atoms with Crippen molar-refractivity contribution in [2.24, 2.45) is 16.9 Å². The number of carbonyl (C=O) groups is 1. The predicted molar refractivity (Wildman–Crippen MR) is 121 cm³/mol. The fraction of sp³-hybridized carbons (Fsp3) is 0.125. The van der Waals surface area contributed by atoms with Crippen molar-refractivity contribution in [1.29, 1.82) is 10.5 Å². The molecular formula is C24H18BrN5O. The number of rotatable bonds is 2. The van der Waals surface area contributed by atoms with E-state index in [9.17, 15) is 15.3 Å². The summed E-state index contributed by atoms with van der Waals surface area (Å²) in [5, 5.41) is 19.9. The molecule has 1 unspecified atom stereocenters. The first-order valence-electron chi connectivity index (χ1n) is 9.53. The zero-order valence-corrected chi connectivity index (χ0v) is 18.3. The van der Waals surface area contributed by atoms with Crippen LogP contribution in [0.1, 0.15) is 18.9 Å². The molecule has 1 aliphatic heterocycles. The van der Waals surface area contributed by atoms with Crippen LogP contribution >= 0.6 is 15.9 Å². The largest absolute Gasteiger partial charge is 0.397 e. The van der Waals surface area contributed by atoms with E-state index in [0.29, 0.717) is 16.8 Å². The lowest BCUT2D eigenvalue weighted by Crippen LogP contribution is -2.47. The second-order valence-electron chi connectivity index (χ2n) is 7.60. The SMILES string of the molecule is CC12CC(=O)N(c3ccccc3)C(N)=C1C(c1ccc(Br)cc1)=C(C#N)C(N)=C2C#N. The molecule has 1 aliphatic carbocycles. The third kappa shape index (κ3) is 3.02. The maximum Gasteiger partial charge on any atom is 0.233 e. The number of nitrogens with two attached hydrogens (primary N) is 2. The number of carbonyl (C=O) groups excluding carboxylic acids is 1. The molecular weight excluding hydrogens is 454 g/mol. The lowest BCUT2D eigenvalue weighted by atomic mass is 9.62. The zero-order valence-electron chi connectivity index (χ0n) is 16.7. The Morgan fingerprint density at radius 2 is 1.68 bits per heavy atom. The zero-order chi connectivity index (χ0) is 22.3. The van der Waals surface area contributed by atoms with Gasteiger partial charge in [0.25, 0.3) is 0 Å². The molecule has 2 aliphatic rings. The Kier molecular flexibility index (Phi) is 4.93. The smallest absolute Gasteiger partial charge is 0.233 e. The molecule has 31 heavy (non-hydrogen) atoms. The summed E-state index contributed by atoms with van der Waals surface area (Å²) in [4.78, 5) is 14.7.